The van der Waals surface area contributed by atoms with Gasteiger partial charge in [-0.05, 0) is 96.5 Å². The van der Waals surface area contributed by atoms with Crippen molar-refractivity contribution in [1.29, 1.82) is 0 Å². The lowest BCUT2D eigenvalue weighted by molar-refractivity contribution is 0.174. The van der Waals surface area contributed by atoms with Crippen molar-refractivity contribution >= 4 is 0 Å². The van der Waals surface area contributed by atoms with E-state index in [9.17, 15) is 0 Å². The first-order valence-corrected chi connectivity index (χ1v) is 12.1. The Bertz CT molecular complexity index is 1310. The first kappa shape index (κ1) is 23.6. The molecule has 4 aromatic rings. The van der Waals surface area contributed by atoms with Gasteiger partial charge in [0.1, 0.15) is 23.0 Å². The molecule has 0 bridgehead atoms. The zero-order valence-corrected chi connectivity index (χ0v) is 20.7. The molecular weight excluding hydrogens is 452 g/mol. The van der Waals surface area contributed by atoms with Crippen LogP contribution >= 0.6 is 0 Å². The van der Waals surface area contributed by atoms with Crippen LogP contribution in [0.15, 0.2) is 84.9 Å². The Kier molecular flexibility index (Phi) is 7.27. The number of fused-ring (bicyclic) bond motifs is 1. The van der Waals surface area contributed by atoms with E-state index in [4.69, 9.17) is 23.7 Å². The minimum atomic E-state index is 0.297. The molecule has 4 aromatic carbocycles. The van der Waals surface area contributed by atoms with E-state index >= 15 is 0 Å². The molecule has 1 aliphatic rings. The Hall–Kier alpha value is -4.12. The van der Waals surface area contributed by atoms with Crippen LogP contribution in [0.4, 0.5) is 0 Å². The molecule has 0 N–H and O–H groups in total. The summed E-state index contributed by atoms with van der Waals surface area (Å²) in [7, 11) is 3.37. The SMILES string of the molecule is COc1ccc(CCc2cc(OC)cc(Oc3cccc(CCc4ccc5c(c4)OCO5)c3)c2)cc1. The lowest BCUT2D eigenvalue weighted by Crippen LogP contribution is -1.96. The van der Waals surface area contributed by atoms with Crippen LogP contribution in [0.3, 0.4) is 0 Å². The third-order valence-electron chi connectivity index (χ3n) is 6.31. The number of hydrogen-bond donors (Lipinski definition) is 0. The number of ether oxygens (including phenoxy) is 5. The molecule has 36 heavy (non-hydrogen) atoms. The zero-order valence-electron chi connectivity index (χ0n) is 20.7. The molecule has 0 unspecified atom stereocenters. The molecule has 0 saturated carbocycles. The highest BCUT2D eigenvalue weighted by Crippen LogP contribution is 2.33. The molecule has 0 saturated heterocycles. The Morgan fingerprint density at radius 3 is 1.97 bits per heavy atom. The number of methoxy groups -OCH3 is 2. The highest BCUT2D eigenvalue weighted by molar-refractivity contribution is 5.45. The average molecular weight is 483 g/mol. The Balaban J connectivity index is 1.23. The molecule has 0 aromatic heterocycles. The molecule has 184 valence electrons. The predicted octanol–water partition coefficient (Wildman–Crippen LogP) is 6.80. The topological polar surface area (TPSA) is 46.2 Å². The fourth-order valence-corrected chi connectivity index (χ4v) is 4.32. The van der Waals surface area contributed by atoms with Gasteiger partial charge in [-0.3, -0.25) is 0 Å². The highest BCUT2D eigenvalue weighted by atomic mass is 16.7. The van der Waals surface area contributed by atoms with E-state index in [1.54, 1.807) is 14.2 Å². The maximum atomic E-state index is 6.26. The first-order chi connectivity index (χ1) is 17.7. The molecule has 5 rings (SSSR count). The van der Waals surface area contributed by atoms with E-state index in [1.807, 2.05) is 36.4 Å². The van der Waals surface area contributed by atoms with Gasteiger partial charge in [0.25, 0.3) is 0 Å². The van der Waals surface area contributed by atoms with E-state index in [-0.39, 0.29) is 0 Å². The summed E-state index contributed by atoms with van der Waals surface area (Å²) < 4.78 is 28.0. The van der Waals surface area contributed by atoms with Crippen LogP contribution in [0.1, 0.15) is 22.3 Å². The molecule has 0 spiro atoms. The summed E-state index contributed by atoms with van der Waals surface area (Å²) in [5.41, 5.74) is 4.86. The molecule has 0 atom stereocenters. The fourth-order valence-electron chi connectivity index (χ4n) is 4.32. The van der Waals surface area contributed by atoms with Crippen LogP contribution in [0.2, 0.25) is 0 Å². The van der Waals surface area contributed by atoms with Crippen molar-refractivity contribution in [1.82, 2.24) is 0 Å². The largest absolute Gasteiger partial charge is 0.497 e. The summed E-state index contributed by atoms with van der Waals surface area (Å²) in [6.45, 7) is 0.297. The van der Waals surface area contributed by atoms with Gasteiger partial charge >= 0.3 is 0 Å². The Morgan fingerprint density at radius 1 is 0.528 bits per heavy atom. The van der Waals surface area contributed by atoms with Gasteiger partial charge in [-0.25, -0.2) is 0 Å². The summed E-state index contributed by atoms with van der Waals surface area (Å²) in [6.07, 6.45) is 3.62. The van der Waals surface area contributed by atoms with E-state index in [0.29, 0.717) is 6.79 Å². The van der Waals surface area contributed by atoms with Gasteiger partial charge in [-0.1, -0.05) is 30.3 Å². The highest BCUT2D eigenvalue weighted by Gasteiger charge is 2.13. The molecule has 0 aliphatic carbocycles. The maximum absolute atomic E-state index is 6.26. The molecule has 1 heterocycles. The van der Waals surface area contributed by atoms with E-state index in [0.717, 1.165) is 60.2 Å². The van der Waals surface area contributed by atoms with Crippen LogP contribution in [-0.4, -0.2) is 21.0 Å². The molecule has 0 fully saturated rings. The van der Waals surface area contributed by atoms with Crippen LogP contribution in [0.25, 0.3) is 0 Å². The number of benzene rings is 4. The summed E-state index contributed by atoms with van der Waals surface area (Å²) in [5, 5.41) is 0. The number of aryl methyl sites for hydroxylation is 4. The van der Waals surface area contributed by atoms with Crippen molar-refractivity contribution in [2.24, 2.45) is 0 Å². The van der Waals surface area contributed by atoms with Crippen LogP contribution in [-0.2, 0) is 25.7 Å². The van der Waals surface area contributed by atoms with Gasteiger partial charge in [-0.15, -0.1) is 0 Å². The molecular formula is C31H30O5. The van der Waals surface area contributed by atoms with Crippen molar-refractivity contribution in [3.8, 4) is 34.5 Å². The van der Waals surface area contributed by atoms with Gasteiger partial charge in [0.2, 0.25) is 6.79 Å². The van der Waals surface area contributed by atoms with Crippen molar-refractivity contribution in [3.05, 3.63) is 107 Å². The molecule has 0 radical (unpaired) electrons. The third-order valence-corrected chi connectivity index (χ3v) is 6.31. The smallest absolute Gasteiger partial charge is 0.231 e. The van der Waals surface area contributed by atoms with Crippen LogP contribution in [0.5, 0.6) is 34.5 Å². The van der Waals surface area contributed by atoms with Crippen molar-refractivity contribution in [2.75, 3.05) is 21.0 Å². The lowest BCUT2D eigenvalue weighted by atomic mass is 10.0. The quantitative estimate of drug-likeness (QED) is 0.249. The van der Waals surface area contributed by atoms with Gasteiger partial charge in [-0.2, -0.15) is 0 Å². The van der Waals surface area contributed by atoms with E-state index in [1.165, 1.54) is 22.3 Å². The lowest BCUT2D eigenvalue weighted by Gasteiger charge is -2.12. The maximum Gasteiger partial charge on any atom is 0.231 e. The van der Waals surface area contributed by atoms with Crippen molar-refractivity contribution in [2.45, 2.75) is 25.7 Å². The minimum Gasteiger partial charge on any atom is -0.497 e. The van der Waals surface area contributed by atoms with Gasteiger partial charge in [0.05, 0.1) is 14.2 Å². The van der Waals surface area contributed by atoms with Gasteiger partial charge in [0.15, 0.2) is 11.5 Å². The monoisotopic (exact) mass is 482 g/mol. The number of rotatable bonds is 10. The first-order valence-electron chi connectivity index (χ1n) is 12.1. The van der Waals surface area contributed by atoms with E-state index < -0.39 is 0 Å². The Morgan fingerprint density at radius 2 is 1.17 bits per heavy atom. The average Bonchev–Trinajstić information content (AvgIpc) is 3.39. The van der Waals surface area contributed by atoms with Gasteiger partial charge in [0, 0.05) is 6.07 Å². The fraction of sp³-hybridized carbons (Fsp3) is 0.226. The van der Waals surface area contributed by atoms with E-state index in [2.05, 4.69) is 48.5 Å². The van der Waals surface area contributed by atoms with Crippen molar-refractivity contribution < 1.29 is 23.7 Å². The van der Waals surface area contributed by atoms with Crippen LogP contribution in [0, 0.1) is 0 Å². The second kappa shape index (κ2) is 11.1. The standard InChI is InChI=1S/C31H30O5/c1-32-26-13-10-22(11-14-26)6-9-25-17-28(33-2)20-29(18-25)36-27-5-3-4-23(16-27)7-8-24-12-15-30-31(19-24)35-21-34-30/h3-5,10-20H,6-9,21H2,1-2H3. The summed E-state index contributed by atoms with van der Waals surface area (Å²) in [5.74, 6) is 4.88. The molecule has 5 nitrogen and oxygen atoms in total. The van der Waals surface area contributed by atoms with Crippen LogP contribution < -0.4 is 23.7 Å². The second-order valence-electron chi connectivity index (χ2n) is 8.80. The van der Waals surface area contributed by atoms with Gasteiger partial charge < -0.3 is 23.7 Å². The number of hydrogen-bond acceptors (Lipinski definition) is 5. The normalized spacial score (nSPS) is 11.8. The zero-order chi connectivity index (χ0) is 24.7. The minimum absolute atomic E-state index is 0.297. The molecule has 1 aliphatic heterocycles. The Labute approximate surface area is 212 Å². The van der Waals surface area contributed by atoms with Crippen molar-refractivity contribution in [3.63, 3.8) is 0 Å². The predicted molar refractivity (Wildman–Crippen MR) is 140 cm³/mol. The second-order valence-corrected chi connectivity index (χ2v) is 8.80. The summed E-state index contributed by atoms with van der Waals surface area (Å²) >= 11 is 0. The molecule has 0 amide bonds. The summed E-state index contributed by atoms with van der Waals surface area (Å²) in [6, 6.07) is 28.7. The molecule has 5 heteroatoms. The summed E-state index contributed by atoms with van der Waals surface area (Å²) in [4.78, 5) is 0. The third kappa shape index (κ3) is 5.92.